The van der Waals surface area contributed by atoms with E-state index in [2.05, 4.69) is 18.9 Å². The second-order valence-corrected chi connectivity index (χ2v) is 7.93. The van der Waals surface area contributed by atoms with Crippen molar-refractivity contribution in [3.05, 3.63) is 99.2 Å². The molecule has 4 aromatic rings. The molecule has 0 aliphatic heterocycles. The number of esters is 1. The van der Waals surface area contributed by atoms with Gasteiger partial charge in [0.05, 0.1) is 12.1 Å². The van der Waals surface area contributed by atoms with Crippen LogP contribution in [-0.4, -0.2) is 15.7 Å². The van der Waals surface area contributed by atoms with Crippen LogP contribution in [0.3, 0.4) is 0 Å². The monoisotopic (exact) mass is 416 g/mol. The van der Waals surface area contributed by atoms with Crippen LogP contribution in [0.2, 0.25) is 0 Å². The van der Waals surface area contributed by atoms with Gasteiger partial charge in [-0.3, -0.25) is 4.68 Å². The normalized spacial score (nSPS) is 11.2. The zero-order valence-corrected chi connectivity index (χ0v) is 17.8. The summed E-state index contributed by atoms with van der Waals surface area (Å²) in [6.07, 6.45) is 3.61. The second kappa shape index (κ2) is 8.60. The molecule has 6 heteroatoms. The minimum Gasteiger partial charge on any atom is -0.457 e. The SMILES string of the molecule is Cc1cc2oc(=O)cc(COC(=O)c3ccc(Cn4cccn4)cc3)c2cc1C(C)C. The molecule has 0 amide bonds. The molecule has 0 aliphatic carbocycles. The summed E-state index contributed by atoms with van der Waals surface area (Å²) in [4.78, 5) is 24.6. The fourth-order valence-corrected chi connectivity index (χ4v) is 3.69. The third-order valence-corrected chi connectivity index (χ3v) is 5.29. The van der Waals surface area contributed by atoms with Gasteiger partial charge in [-0.25, -0.2) is 9.59 Å². The van der Waals surface area contributed by atoms with Gasteiger partial charge < -0.3 is 9.15 Å². The summed E-state index contributed by atoms with van der Waals surface area (Å²) in [5, 5.41) is 4.97. The number of carbonyl (C=O) groups is 1. The lowest BCUT2D eigenvalue weighted by atomic mass is 9.95. The van der Waals surface area contributed by atoms with Gasteiger partial charge in [-0.05, 0) is 59.9 Å². The van der Waals surface area contributed by atoms with Gasteiger partial charge in [0.1, 0.15) is 12.2 Å². The first-order valence-corrected chi connectivity index (χ1v) is 10.2. The number of ether oxygens (including phenoxy) is 1. The van der Waals surface area contributed by atoms with Crippen molar-refractivity contribution in [3.8, 4) is 0 Å². The van der Waals surface area contributed by atoms with Gasteiger partial charge in [-0.15, -0.1) is 0 Å². The highest BCUT2D eigenvalue weighted by atomic mass is 16.5. The van der Waals surface area contributed by atoms with Crippen molar-refractivity contribution in [1.82, 2.24) is 9.78 Å². The average Bonchev–Trinajstić information content (AvgIpc) is 3.24. The van der Waals surface area contributed by atoms with E-state index in [0.29, 0.717) is 29.2 Å². The molecule has 158 valence electrons. The van der Waals surface area contributed by atoms with Crippen LogP contribution < -0.4 is 5.63 Å². The molecular weight excluding hydrogens is 392 g/mol. The minimum atomic E-state index is -0.460. The number of benzene rings is 2. The zero-order valence-electron chi connectivity index (χ0n) is 17.8. The fourth-order valence-electron chi connectivity index (χ4n) is 3.69. The summed E-state index contributed by atoms with van der Waals surface area (Å²) < 4.78 is 12.7. The van der Waals surface area contributed by atoms with E-state index in [4.69, 9.17) is 9.15 Å². The number of fused-ring (bicyclic) bond motifs is 1. The predicted molar refractivity (Wildman–Crippen MR) is 118 cm³/mol. The smallest absolute Gasteiger partial charge is 0.338 e. The van der Waals surface area contributed by atoms with Crippen molar-refractivity contribution in [2.45, 2.75) is 39.8 Å². The van der Waals surface area contributed by atoms with E-state index in [-0.39, 0.29) is 6.61 Å². The number of hydrogen-bond donors (Lipinski definition) is 0. The molecule has 0 aliphatic rings. The summed E-state index contributed by atoms with van der Waals surface area (Å²) in [7, 11) is 0. The molecule has 0 spiro atoms. The molecule has 6 nitrogen and oxygen atoms in total. The molecular formula is C25H24N2O4. The van der Waals surface area contributed by atoms with Crippen LogP contribution in [0, 0.1) is 6.92 Å². The number of nitrogens with zero attached hydrogens (tertiary/aromatic N) is 2. The van der Waals surface area contributed by atoms with Gasteiger partial charge in [0.25, 0.3) is 0 Å². The summed E-state index contributed by atoms with van der Waals surface area (Å²) in [6, 6.07) is 14.4. The number of aromatic nitrogens is 2. The zero-order chi connectivity index (χ0) is 22.0. The van der Waals surface area contributed by atoms with E-state index in [1.165, 1.54) is 11.6 Å². The summed E-state index contributed by atoms with van der Waals surface area (Å²) in [6.45, 7) is 6.85. The first-order valence-electron chi connectivity index (χ1n) is 10.2. The Morgan fingerprint density at radius 1 is 1.16 bits per heavy atom. The molecule has 31 heavy (non-hydrogen) atoms. The lowest BCUT2D eigenvalue weighted by Gasteiger charge is -2.13. The fraction of sp³-hybridized carbons (Fsp3) is 0.240. The van der Waals surface area contributed by atoms with Crippen molar-refractivity contribution in [1.29, 1.82) is 0 Å². The van der Waals surface area contributed by atoms with E-state index < -0.39 is 11.6 Å². The van der Waals surface area contributed by atoms with Gasteiger partial charge in [0.15, 0.2) is 0 Å². The van der Waals surface area contributed by atoms with Crippen LogP contribution in [-0.2, 0) is 17.9 Å². The van der Waals surface area contributed by atoms with Crippen molar-refractivity contribution in [2.75, 3.05) is 0 Å². The maximum Gasteiger partial charge on any atom is 0.338 e. The first kappa shape index (κ1) is 20.6. The second-order valence-electron chi connectivity index (χ2n) is 7.93. The standard InChI is InChI=1S/C25H24N2O4/c1-16(2)21-13-22-20(12-24(28)31-23(22)11-17(21)3)15-30-25(29)19-7-5-18(6-8-19)14-27-10-4-9-26-27/h4-13,16H,14-15H2,1-3H3. The largest absolute Gasteiger partial charge is 0.457 e. The highest BCUT2D eigenvalue weighted by molar-refractivity contribution is 5.89. The molecule has 2 aromatic carbocycles. The molecule has 2 aromatic heterocycles. The van der Waals surface area contributed by atoms with Crippen LogP contribution in [0.5, 0.6) is 0 Å². The van der Waals surface area contributed by atoms with E-state index in [0.717, 1.165) is 16.5 Å². The molecule has 0 atom stereocenters. The van der Waals surface area contributed by atoms with Crippen LogP contribution in [0.15, 0.2) is 70.1 Å². The molecule has 0 radical (unpaired) electrons. The number of hydrogen-bond acceptors (Lipinski definition) is 5. The first-order chi connectivity index (χ1) is 14.9. The molecule has 0 bridgehead atoms. The summed E-state index contributed by atoms with van der Waals surface area (Å²) in [5.74, 6) is -0.116. The Labute approximate surface area is 180 Å². The Bertz CT molecular complexity index is 1270. The van der Waals surface area contributed by atoms with Gasteiger partial charge in [0.2, 0.25) is 0 Å². The van der Waals surface area contributed by atoms with Gasteiger partial charge in [-0.2, -0.15) is 5.10 Å². The topological polar surface area (TPSA) is 74.3 Å². The van der Waals surface area contributed by atoms with Crippen molar-refractivity contribution in [3.63, 3.8) is 0 Å². The summed E-state index contributed by atoms with van der Waals surface area (Å²) >= 11 is 0. The van der Waals surface area contributed by atoms with E-state index >= 15 is 0 Å². The molecule has 2 heterocycles. The Morgan fingerprint density at radius 3 is 2.61 bits per heavy atom. The maximum atomic E-state index is 12.6. The van der Waals surface area contributed by atoms with Gasteiger partial charge in [0, 0.05) is 29.4 Å². The minimum absolute atomic E-state index is 0.00340. The van der Waals surface area contributed by atoms with E-state index in [1.54, 1.807) is 18.3 Å². The predicted octanol–water partition coefficient (Wildman–Crippen LogP) is 4.83. The highest BCUT2D eigenvalue weighted by Crippen LogP contribution is 2.27. The Kier molecular flexibility index (Phi) is 5.71. The van der Waals surface area contributed by atoms with Crippen molar-refractivity contribution < 1.29 is 13.9 Å². The molecule has 0 N–H and O–H groups in total. The number of carbonyl (C=O) groups excluding carboxylic acids is 1. The van der Waals surface area contributed by atoms with Gasteiger partial charge in [-0.1, -0.05) is 26.0 Å². The van der Waals surface area contributed by atoms with Crippen LogP contribution >= 0.6 is 0 Å². The third-order valence-electron chi connectivity index (χ3n) is 5.29. The highest BCUT2D eigenvalue weighted by Gasteiger charge is 2.14. The van der Waals surface area contributed by atoms with Crippen LogP contribution in [0.1, 0.15) is 52.4 Å². The summed E-state index contributed by atoms with van der Waals surface area (Å²) in [5.41, 5.74) is 4.40. The van der Waals surface area contributed by atoms with Crippen LogP contribution in [0.25, 0.3) is 11.0 Å². The molecule has 4 rings (SSSR count). The lowest BCUT2D eigenvalue weighted by Crippen LogP contribution is -2.09. The quantitative estimate of drug-likeness (QED) is 0.333. The third kappa shape index (κ3) is 4.58. The van der Waals surface area contributed by atoms with Gasteiger partial charge >= 0.3 is 11.6 Å². The van der Waals surface area contributed by atoms with E-state index in [1.807, 2.05) is 48.1 Å². The maximum absolute atomic E-state index is 12.6. The van der Waals surface area contributed by atoms with Crippen molar-refractivity contribution >= 4 is 16.9 Å². The molecule has 0 saturated heterocycles. The number of aryl methyl sites for hydroxylation is 1. The Morgan fingerprint density at radius 2 is 1.94 bits per heavy atom. The van der Waals surface area contributed by atoms with Crippen LogP contribution in [0.4, 0.5) is 0 Å². The molecule has 0 fully saturated rings. The number of rotatable bonds is 6. The van der Waals surface area contributed by atoms with Crippen molar-refractivity contribution in [2.24, 2.45) is 0 Å². The Balaban J connectivity index is 1.52. The molecule has 0 saturated carbocycles. The van der Waals surface area contributed by atoms with E-state index in [9.17, 15) is 9.59 Å². The Hall–Kier alpha value is -3.67. The average molecular weight is 416 g/mol. The molecule has 0 unspecified atom stereocenters. The lowest BCUT2D eigenvalue weighted by molar-refractivity contribution is 0.0474.